The van der Waals surface area contributed by atoms with Crippen molar-refractivity contribution in [2.75, 3.05) is 6.54 Å². The number of aromatic hydroxyl groups is 1. The maximum absolute atomic E-state index is 13.5. The number of phenols is 1. The van der Waals surface area contributed by atoms with Gasteiger partial charge in [0.25, 0.3) is 0 Å². The van der Waals surface area contributed by atoms with E-state index in [9.17, 15) is 9.50 Å². The molecule has 1 aliphatic carbocycles. The summed E-state index contributed by atoms with van der Waals surface area (Å²) in [6.07, 6.45) is 1.70. The number of hydrogen-bond donors (Lipinski definition) is 2. The Hall–Kier alpha value is -0.610. The molecule has 0 spiro atoms. The van der Waals surface area contributed by atoms with Gasteiger partial charge < -0.3 is 10.8 Å². The van der Waals surface area contributed by atoms with Crippen molar-refractivity contribution < 1.29 is 9.50 Å². The van der Waals surface area contributed by atoms with Crippen LogP contribution in [-0.2, 0) is 5.41 Å². The molecule has 3 N–H and O–H groups in total. The molecule has 0 radical (unpaired) electrons. The highest BCUT2D eigenvalue weighted by atomic mass is 79.9. The minimum Gasteiger partial charge on any atom is -0.506 e. The topological polar surface area (TPSA) is 46.2 Å². The molecular formula is C10H11BrFNO. The van der Waals surface area contributed by atoms with Gasteiger partial charge in [-0.25, -0.2) is 4.39 Å². The monoisotopic (exact) mass is 259 g/mol. The predicted molar refractivity (Wildman–Crippen MR) is 55.7 cm³/mol. The van der Waals surface area contributed by atoms with Crippen LogP contribution in [0.1, 0.15) is 18.4 Å². The first-order valence-electron chi connectivity index (χ1n) is 4.48. The zero-order valence-corrected chi connectivity index (χ0v) is 9.14. The van der Waals surface area contributed by atoms with Gasteiger partial charge >= 0.3 is 0 Å². The highest BCUT2D eigenvalue weighted by molar-refractivity contribution is 9.10. The molecule has 4 heteroatoms. The van der Waals surface area contributed by atoms with Crippen molar-refractivity contribution in [1.82, 2.24) is 0 Å². The Morgan fingerprint density at radius 3 is 2.64 bits per heavy atom. The van der Waals surface area contributed by atoms with Gasteiger partial charge in [-0.3, -0.25) is 0 Å². The standard InChI is InChI=1S/C10H11BrFNO/c11-6-1-2-7(12)8(9(6)14)10(5-13)3-4-10/h1-2,14H,3-5,13H2. The molecule has 0 saturated heterocycles. The highest BCUT2D eigenvalue weighted by Crippen LogP contribution is 2.52. The van der Waals surface area contributed by atoms with Gasteiger partial charge in [-0.05, 0) is 40.9 Å². The minimum absolute atomic E-state index is 0.00653. The van der Waals surface area contributed by atoms with Crippen molar-refractivity contribution in [3.05, 3.63) is 28.0 Å². The number of halogens is 2. The molecule has 0 aromatic heterocycles. The average molecular weight is 260 g/mol. The Labute approximate surface area is 90.1 Å². The molecule has 0 heterocycles. The molecule has 1 aromatic rings. The maximum Gasteiger partial charge on any atom is 0.136 e. The van der Waals surface area contributed by atoms with Crippen molar-refractivity contribution >= 4 is 15.9 Å². The van der Waals surface area contributed by atoms with Crippen LogP contribution in [0.2, 0.25) is 0 Å². The molecule has 76 valence electrons. The Balaban J connectivity index is 2.57. The van der Waals surface area contributed by atoms with E-state index in [0.717, 1.165) is 12.8 Å². The second-order valence-corrected chi connectivity index (χ2v) is 4.59. The fourth-order valence-electron chi connectivity index (χ4n) is 1.75. The van der Waals surface area contributed by atoms with Gasteiger partial charge in [-0.1, -0.05) is 0 Å². The molecule has 1 fully saturated rings. The van der Waals surface area contributed by atoms with Crippen molar-refractivity contribution in [1.29, 1.82) is 0 Å². The van der Waals surface area contributed by atoms with Crippen molar-refractivity contribution in [2.45, 2.75) is 18.3 Å². The molecule has 0 atom stereocenters. The first kappa shape index (κ1) is 9.93. The van der Waals surface area contributed by atoms with Crippen LogP contribution in [0, 0.1) is 5.82 Å². The number of hydrogen-bond acceptors (Lipinski definition) is 2. The normalized spacial score (nSPS) is 18.2. The van der Waals surface area contributed by atoms with E-state index >= 15 is 0 Å². The Morgan fingerprint density at radius 2 is 2.14 bits per heavy atom. The third kappa shape index (κ3) is 1.33. The summed E-state index contributed by atoms with van der Waals surface area (Å²) >= 11 is 3.17. The van der Waals surface area contributed by atoms with Gasteiger partial charge in [0, 0.05) is 17.5 Å². The van der Waals surface area contributed by atoms with Crippen molar-refractivity contribution in [2.24, 2.45) is 5.73 Å². The Morgan fingerprint density at radius 1 is 1.50 bits per heavy atom. The summed E-state index contributed by atoms with van der Waals surface area (Å²) < 4.78 is 14.0. The summed E-state index contributed by atoms with van der Waals surface area (Å²) in [6.45, 7) is 0.383. The molecular weight excluding hydrogens is 249 g/mol. The van der Waals surface area contributed by atoms with Gasteiger partial charge in [0.05, 0.1) is 4.47 Å². The molecule has 0 unspecified atom stereocenters. The van der Waals surface area contributed by atoms with Crippen LogP contribution in [0.4, 0.5) is 4.39 Å². The Bertz CT molecular complexity index is 377. The van der Waals surface area contributed by atoms with Crippen LogP contribution >= 0.6 is 15.9 Å². The van der Waals surface area contributed by atoms with Crippen LogP contribution in [0.5, 0.6) is 5.75 Å². The molecule has 2 nitrogen and oxygen atoms in total. The fraction of sp³-hybridized carbons (Fsp3) is 0.400. The molecule has 14 heavy (non-hydrogen) atoms. The van der Waals surface area contributed by atoms with Gasteiger partial charge in [-0.2, -0.15) is 0 Å². The predicted octanol–water partition coefficient (Wildman–Crippen LogP) is 2.28. The molecule has 0 bridgehead atoms. The summed E-state index contributed by atoms with van der Waals surface area (Å²) in [5, 5.41) is 9.74. The minimum atomic E-state index is -0.367. The van der Waals surface area contributed by atoms with Gasteiger partial charge in [0.2, 0.25) is 0 Å². The average Bonchev–Trinajstić information content (AvgIpc) is 2.93. The zero-order chi connectivity index (χ0) is 10.3. The van der Waals surface area contributed by atoms with E-state index in [1.54, 1.807) is 0 Å². The van der Waals surface area contributed by atoms with Crippen LogP contribution < -0.4 is 5.73 Å². The van der Waals surface area contributed by atoms with E-state index < -0.39 is 0 Å². The lowest BCUT2D eigenvalue weighted by Crippen LogP contribution is -2.21. The largest absolute Gasteiger partial charge is 0.506 e. The third-order valence-corrected chi connectivity index (χ3v) is 3.49. The molecule has 2 rings (SSSR count). The number of rotatable bonds is 2. The Kier molecular flexibility index (Phi) is 2.27. The van der Waals surface area contributed by atoms with Gasteiger partial charge in [0.1, 0.15) is 11.6 Å². The van der Waals surface area contributed by atoms with E-state index in [2.05, 4.69) is 15.9 Å². The SMILES string of the molecule is NCC1(c2c(F)ccc(Br)c2O)CC1. The molecule has 1 saturated carbocycles. The van der Waals surface area contributed by atoms with Crippen LogP contribution in [0.15, 0.2) is 16.6 Å². The van der Waals surface area contributed by atoms with Gasteiger partial charge in [-0.15, -0.1) is 0 Å². The summed E-state index contributed by atoms with van der Waals surface area (Å²) in [5.74, 6) is -0.374. The van der Waals surface area contributed by atoms with E-state index in [1.807, 2.05) is 0 Å². The highest BCUT2D eigenvalue weighted by Gasteiger charge is 2.46. The number of phenolic OH excluding ortho intramolecular Hbond substituents is 1. The fourth-order valence-corrected chi connectivity index (χ4v) is 2.08. The lowest BCUT2D eigenvalue weighted by atomic mass is 9.94. The molecule has 0 aliphatic heterocycles. The summed E-state index contributed by atoms with van der Waals surface area (Å²) in [7, 11) is 0. The van der Waals surface area contributed by atoms with E-state index in [0.29, 0.717) is 16.6 Å². The lowest BCUT2D eigenvalue weighted by Gasteiger charge is -2.16. The second-order valence-electron chi connectivity index (χ2n) is 3.74. The van der Waals surface area contributed by atoms with Crippen LogP contribution in [-0.4, -0.2) is 11.7 Å². The van der Waals surface area contributed by atoms with E-state index in [-0.39, 0.29) is 17.0 Å². The lowest BCUT2D eigenvalue weighted by molar-refractivity contribution is 0.442. The summed E-state index contributed by atoms with van der Waals surface area (Å²) in [5.41, 5.74) is 5.64. The van der Waals surface area contributed by atoms with E-state index in [4.69, 9.17) is 5.73 Å². The molecule has 1 aromatic carbocycles. The molecule has 0 amide bonds. The third-order valence-electron chi connectivity index (χ3n) is 2.85. The first-order valence-corrected chi connectivity index (χ1v) is 5.27. The van der Waals surface area contributed by atoms with E-state index in [1.165, 1.54) is 12.1 Å². The molecule has 1 aliphatic rings. The smallest absolute Gasteiger partial charge is 0.136 e. The number of nitrogens with two attached hydrogens (primary N) is 1. The second kappa shape index (κ2) is 3.21. The maximum atomic E-state index is 13.5. The van der Waals surface area contributed by atoms with Crippen molar-refractivity contribution in [3.63, 3.8) is 0 Å². The van der Waals surface area contributed by atoms with Crippen LogP contribution in [0.3, 0.4) is 0 Å². The zero-order valence-electron chi connectivity index (χ0n) is 7.56. The van der Waals surface area contributed by atoms with Gasteiger partial charge in [0.15, 0.2) is 0 Å². The van der Waals surface area contributed by atoms with Crippen LogP contribution in [0.25, 0.3) is 0 Å². The quantitative estimate of drug-likeness (QED) is 0.856. The summed E-state index contributed by atoms with van der Waals surface area (Å²) in [6, 6.07) is 2.86. The number of benzene rings is 1. The first-order chi connectivity index (χ1) is 6.60. The summed E-state index contributed by atoms with van der Waals surface area (Å²) in [4.78, 5) is 0. The van der Waals surface area contributed by atoms with Crippen molar-refractivity contribution in [3.8, 4) is 5.75 Å².